The van der Waals surface area contributed by atoms with Crippen LogP contribution in [0.5, 0.6) is 11.5 Å². The van der Waals surface area contributed by atoms with Gasteiger partial charge in [0.25, 0.3) is 0 Å². The van der Waals surface area contributed by atoms with Crippen LogP contribution in [0.4, 0.5) is 10.6 Å². The number of piperidine rings is 3. The lowest BCUT2D eigenvalue weighted by atomic mass is 9.86. The highest BCUT2D eigenvalue weighted by Crippen LogP contribution is 2.38. The van der Waals surface area contributed by atoms with E-state index in [-0.39, 0.29) is 19.1 Å². The number of anilines is 1. The molecule has 12 heteroatoms. The molecule has 10 nitrogen and oxygen atoms in total. The first-order valence-corrected chi connectivity index (χ1v) is 18.1. The predicted octanol–water partition coefficient (Wildman–Crippen LogP) is 7.96. The van der Waals surface area contributed by atoms with Gasteiger partial charge in [0.2, 0.25) is 0 Å². The van der Waals surface area contributed by atoms with Crippen molar-refractivity contribution in [1.82, 2.24) is 14.9 Å². The van der Waals surface area contributed by atoms with E-state index in [1.54, 1.807) is 55.8 Å². The Bertz CT molecular complexity index is 1810. The number of halogens is 2. The maximum absolute atomic E-state index is 13.7. The number of esters is 1. The number of hydrogen-bond acceptors (Lipinski definition) is 9. The first-order chi connectivity index (χ1) is 24.8. The molecule has 4 aromatic rings. The van der Waals surface area contributed by atoms with Gasteiger partial charge in [0.15, 0.2) is 11.5 Å². The summed E-state index contributed by atoms with van der Waals surface area (Å²) in [5.41, 5.74) is 2.44. The van der Waals surface area contributed by atoms with Crippen molar-refractivity contribution in [3.8, 4) is 11.5 Å². The molecular formula is C39H40Cl2N4O6. The minimum atomic E-state index is -0.760. The van der Waals surface area contributed by atoms with E-state index in [0.29, 0.717) is 62.5 Å². The van der Waals surface area contributed by atoms with Crippen LogP contribution in [0.15, 0.2) is 79.3 Å². The number of ether oxygens (including phenoxy) is 4. The molecule has 4 aliphatic rings. The molecular weight excluding hydrogens is 691 g/mol. The highest BCUT2D eigenvalue weighted by atomic mass is 35.5. The zero-order valence-corrected chi connectivity index (χ0v) is 29.9. The van der Waals surface area contributed by atoms with Crippen LogP contribution in [0.3, 0.4) is 0 Å². The lowest BCUT2D eigenvalue weighted by Gasteiger charge is -2.44. The lowest BCUT2D eigenvalue weighted by Crippen LogP contribution is -2.53. The van der Waals surface area contributed by atoms with Gasteiger partial charge in [-0.2, -0.15) is 0 Å². The summed E-state index contributed by atoms with van der Waals surface area (Å²) in [6.07, 6.45) is 7.91. The Morgan fingerprint density at radius 2 is 1.73 bits per heavy atom. The summed E-state index contributed by atoms with van der Waals surface area (Å²) in [5.74, 6) is 2.03. The van der Waals surface area contributed by atoms with Gasteiger partial charge in [0.1, 0.15) is 18.0 Å². The highest BCUT2D eigenvalue weighted by Gasteiger charge is 2.37. The Hall–Kier alpha value is -4.38. The van der Waals surface area contributed by atoms with Crippen LogP contribution in [0.25, 0.3) is 0 Å². The first-order valence-electron chi connectivity index (χ1n) is 17.3. The Balaban J connectivity index is 1.09. The number of aromatic nitrogens is 2. The monoisotopic (exact) mass is 730 g/mol. The number of pyridine rings is 2. The SMILES string of the molecule is COc1ccc([C@H](Cc2c(Cl)cncc2Cl)OC(=O)c2ccc(CN(C(=O)O[C@H]3CN4CCC3CC4)c3ccccn3)cc2)cc1OCC1CC1. The summed E-state index contributed by atoms with van der Waals surface area (Å²) in [4.78, 5) is 39.7. The van der Waals surface area contributed by atoms with E-state index in [2.05, 4.69) is 14.9 Å². The van der Waals surface area contributed by atoms with Crippen molar-refractivity contribution in [2.24, 2.45) is 11.8 Å². The number of nitrogens with zero attached hydrogens (tertiary/aromatic N) is 4. The van der Waals surface area contributed by atoms with E-state index >= 15 is 0 Å². The zero-order chi connectivity index (χ0) is 35.3. The van der Waals surface area contributed by atoms with Gasteiger partial charge in [-0.15, -0.1) is 0 Å². The van der Waals surface area contributed by atoms with Crippen LogP contribution in [-0.4, -0.2) is 66.4 Å². The largest absolute Gasteiger partial charge is 0.493 e. The summed E-state index contributed by atoms with van der Waals surface area (Å²) < 4.78 is 23.9. The third-order valence-corrected chi connectivity index (χ3v) is 10.5. The van der Waals surface area contributed by atoms with E-state index in [9.17, 15) is 9.59 Å². The van der Waals surface area contributed by atoms with Crippen LogP contribution in [0.2, 0.25) is 10.0 Å². The molecule has 266 valence electrons. The Morgan fingerprint density at radius 3 is 2.37 bits per heavy atom. The summed E-state index contributed by atoms with van der Waals surface area (Å²) in [6.45, 7) is 3.67. The number of amides is 1. The number of methoxy groups -OCH3 is 1. The smallest absolute Gasteiger partial charge is 0.416 e. The Labute approximate surface area is 307 Å². The van der Waals surface area contributed by atoms with E-state index in [1.165, 1.54) is 17.3 Å². The molecule has 1 saturated carbocycles. The zero-order valence-electron chi connectivity index (χ0n) is 28.4. The lowest BCUT2D eigenvalue weighted by molar-refractivity contribution is -0.0311. The fourth-order valence-corrected chi connectivity index (χ4v) is 7.18. The summed E-state index contributed by atoms with van der Waals surface area (Å²) >= 11 is 13.0. The highest BCUT2D eigenvalue weighted by molar-refractivity contribution is 6.35. The molecule has 3 aliphatic heterocycles. The molecule has 1 amide bonds. The Kier molecular flexibility index (Phi) is 10.9. The van der Waals surface area contributed by atoms with Crippen molar-refractivity contribution in [3.63, 3.8) is 0 Å². The molecule has 4 fully saturated rings. The van der Waals surface area contributed by atoms with Gasteiger partial charge < -0.3 is 18.9 Å². The second kappa shape index (κ2) is 15.9. The Morgan fingerprint density at radius 1 is 0.961 bits per heavy atom. The molecule has 2 bridgehead atoms. The average molecular weight is 732 g/mol. The average Bonchev–Trinajstić information content (AvgIpc) is 4.00. The van der Waals surface area contributed by atoms with Gasteiger partial charge in [0.05, 0.1) is 35.9 Å². The molecule has 51 heavy (non-hydrogen) atoms. The third kappa shape index (κ3) is 8.57. The summed E-state index contributed by atoms with van der Waals surface area (Å²) in [7, 11) is 1.59. The van der Waals surface area contributed by atoms with Crippen molar-refractivity contribution < 1.29 is 28.5 Å². The minimum absolute atomic E-state index is 0.139. The van der Waals surface area contributed by atoms with Crippen molar-refractivity contribution >= 4 is 41.1 Å². The normalized spacial score (nSPS) is 19.9. The summed E-state index contributed by atoms with van der Waals surface area (Å²) in [5, 5.41) is 0.743. The van der Waals surface area contributed by atoms with Gasteiger partial charge in [0, 0.05) is 31.6 Å². The number of fused-ring (bicyclic) bond motifs is 3. The first kappa shape index (κ1) is 35.0. The maximum Gasteiger partial charge on any atom is 0.416 e. The second-order valence-electron chi connectivity index (χ2n) is 13.4. The molecule has 0 radical (unpaired) electrons. The van der Waals surface area contributed by atoms with Gasteiger partial charge in [-0.3, -0.25) is 14.8 Å². The van der Waals surface area contributed by atoms with Crippen LogP contribution in [0.1, 0.15) is 58.8 Å². The fraction of sp³-hybridized carbons (Fsp3) is 0.385. The number of rotatable bonds is 13. The number of hydrogen-bond donors (Lipinski definition) is 0. The molecule has 5 heterocycles. The van der Waals surface area contributed by atoms with Crippen molar-refractivity contribution in [1.29, 1.82) is 0 Å². The van der Waals surface area contributed by atoms with E-state index in [1.807, 2.05) is 18.2 Å². The van der Waals surface area contributed by atoms with E-state index in [4.69, 9.17) is 42.1 Å². The fourth-order valence-electron chi connectivity index (χ4n) is 6.66. The summed E-state index contributed by atoms with van der Waals surface area (Å²) in [6, 6.07) is 17.9. The molecule has 0 N–H and O–H groups in total. The quantitative estimate of drug-likeness (QED) is 0.127. The standard InChI is InChI=1S/C39H40Cl2N4O6/c1-48-33-12-11-29(18-35(33)49-24-26-5-6-26)34(19-30-31(40)20-42-21-32(30)41)50-38(46)28-9-7-25(8-10-28)22-45(37-4-2-3-15-43-37)39(47)51-36-23-44-16-13-27(36)14-17-44/h2-4,7-12,15,18,20-21,26-27,34,36H,5-6,13-14,16-17,19,22-24H2,1H3/t34-,36-/m0/s1. The predicted molar refractivity (Wildman–Crippen MR) is 194 cm³/mol. The van der Waals surface area contributed by atoms with Crippen molar-refractivity contribution in [2.75, 3.05) is 38.3 Å². The molecule has 1 aliphatic carbocycles. The molecule has 8 rings (SSSR count). The van der Waals surface area contributed by atoms with Crippen LogP contribution < -0.4 is 14.4 Å². The van der Waals surface area contributed by atoms with Crippen LogP contribution >= 0.6 is 23.2 Å². The molecule has 0 spiro atoms. The van der Waals surface area contributed by atoms with Gasteiger partial charge in [-0.1, -0.05) is 47.5 Å². The topological polar surface area (TPSA) is 103 Å². The number of benzene rings is 2. The molecule has 2 aromatic heterocycles. The third-order valence-electron chi connectivity index (χ3n) is 9.85. The van der Waals surface area contributed by atoms with E-state index < -0.39 is 18.2 Å². The number of carbonyl (C=O) groups is 2. The van der Waals surface area contributed by atoms with E-state index in [0.717, 1.165) is 50.9 Å². The molecule has 3 saturated heterocycles. The maximum atomic E-state index is 13.7. The van der Waals surface area contributed by atoms with Gasteiger partial charge >= 0.3 is 12.1 Å². The molecule has 0 unspecified atom stereocenters. The van der Waals surface area contributed by atoms with Crippen molar-refractivity contribution in [3.05, 3.63) is 112 Å². The van der Waals surface area contributed by atoms with Crippen LogP contribution in [-0.2, 0) is 22.4 Å². The second-order valence-corrected chi connectivity index (χ2v) is 14.2. The number of carbonyl (C=O) groups excluding carboxylic acids is 2. The van der Waals surface area contributed by atoms with Crippen molar-refractivity contribution in [2.45, 2.75) is 50.9 Å². The molecule has 2 atom stereocenters. The van der Waals surface area contributed by atoms with Crippen LogP contribution in [0, 0.1) is 11.8 Å². The minimum Gasteiger partial charge on any atom is -0.493 e. The molecule has 2 aromatic carbocycles. The van der Waals surface area contributed by atoms with Gasteiger partial charge in [-0.05, 0) is 104 Å². The van der Waals surface area contributed by atoms with Gasteiger partial charge in [-0.25, -0.2) is 14.6 Å².